The summed E-state index contributed by atoms with van der Waals surface area (Å²) in [6.07, 6.45) is 1.15. The predicted octanol–water partition coefficient (Wildman–Crippen LogP) is 0.562. The Morgan fingerprint density at radius 1 is 1.60 bits per heavy atom. The summed E-state index contributed by atoms with van der Waals surface area (Å²) in [5.41, 5.74) is 0. The molecule has 84 valence electrons. The molecule has 1 fully saturated rings. The Bertz CT molecular complexity index is 312. The molecule has 0 radical (unpaired) electrons. The second-order valence-electron chi connectivity index (χ2n) is 3.97. The molecule has 15 heavy (non-hydrogen) atoms. The van der Waals surface area contributed by atoms with Crippen molar-refractivity contribution in [2.45, 2.75) is 32.9 Å². The molecule has 0 bridgehead atoms. The summed E-state index contributed by atoms with van der Waals surface area (Å²) >= 11 is 0. The van der Waals surface area contributed by atoms with Crippen molar-refractivity contribution in [3.8, 4) is 0 Å². The highest BCUT2D eigenvalue weighted by Gasteiger charge is 2.22. The molecule has 1 saturated heterocycles. The summed E-state index contributed by atoms with van der Waals surface area (Å²) < 4.78 is 5.14. The van der Waals surface area contributed by atoms with Crippen molar-refractivity contribution in [2.75, 3.05) is 19.6 Å². The Morgan fingerprint density at radius 2 is 2.47 bits per heavy atom. The van der Waals surface area contributed by atoms with Crippen LogP contribution >= 0.6 is 0 Å². The molecule has 1 aliphatic rings. The molecule has 0 aliphatic carbocycles. The molecule has 2 heterocycles. The third kappa shape index (κ3) is 2.54. The van der Waals surface area contributed by atoms with Gasteiger partial charge in [0.05, 0.1) is 6.54 Å². The zero-order valence-electron chi connectivity index (χ0n) is 9.36. The maximum atomic E-state index is 5.14. The first kappa shape index (κ1) is 10.6. The molecule has 0 amide bonds. The van der Waals surface area contributed by atoms with Crippen LogP contribution in [0.25, 0.3) is 0 Å². The smallest absolute Gasteiger partial charge is 0.240 e. The van der Waals surface area contributed by atoms with Gasteiger partial charge in [0, 0.05) is 25.7 Å². The van der Waals surface area contributed by atoms with Gasteiger partial charge in [-0.05, 0) is 13.3 Å². The number of nitrogens with one attached hydrogen (secondary N) is 1. The van der Waals surface area contributed by atoms with Gasteiger partial charge in [-0.25, -0.2) is 0 Å². The fraction of sp³-hybridized carbons (Fsp3) is 0.800. The number of rotatable bonds is 3. The number of hydrogen-bond acceptors (Lipinski definition) is 5. The average Bonchev–Trinajstić information content (AvgIpc) is 2.65. The monoisotopic (exact) mass is 210 g/mol. The second kappa shape index (κ2) is 4.72. The van der Waals surface area contributed by atoms with Crippen molar-refractivity contribution >= 4 is 0 Å². The Labute approximate surface area is 89.8 Å². The summed E-state index contributed by atoms with van der Waals surface area (Å²) in [6, 6.07) is 0.589. The molecule has 0 aromatic carbocycles. The number of aromatic nitrogens is 2. The van der Waals surface area contributed by atoms with Gasteiger partial charge < -0.3 is 9.84 Å². The van der Waals surface area contributed by atoms with Crippen LogP contribution in [0.5, 0.6) is 0 Å². The number of hydrogen-bond donors (Lipinski definition) is 1. The minimum atomic E-state index is 0.589. The standard InChI is InChI=1S/C10H18N4O/c1-3-9-6-11-4-5-14(9)7-10-12-8(2)13-15-10/h9,11H,3-7H2,1-2H3. The van der Waals surface area contributed by atoms with E-state index < -0.39 is 0 Å². The highest BCUT2D eigenvalue weighted by molar-refractivity contribution is 4.86. The third-order valence-electron chi connectivity index (χ3n) is 2.85. The van der Waals surface area contributed by atoms with Gasteiger partial charge in [-0.3, -0.25) is 4.90 Å². The van der Waals surface area contributed by atoms with Crippen molar-refractivity contribution in [3.05, 3.63) is 11.7 Å². The highest BCUT2D eigenvalue weighted by Crippen LogP contribution is 2.11. The molecule has 0 spiro atoms. The van der Waals surface area contributed by atoms with Crippen LogP contribution in [0.2, 0.25) is 0 Å². The van der Waals surface area contributed by atoms with Crippen LogP contribution in [0, 0.1) is 6.92 Å². The van der Waals surface area contributed by atoms with E-state index in [-0.39, 0.29) is 0 Å². The maximum absolute atomic E-state index is 5.14. The van der Waals surface area contributed by atoms with Crippen LogP contribution in [0.4, 0.5) is 0 Å². The fourth-order valence-electron chi connectivity index (χ4n) is 1.99. The van der Waals surface area contributed by atoms with E-state index in [4.69, 9.17) is 4.52 Å². The minimum Gasteiger partial charge on any atom is -0.338 e. The van der Waals surface area contributed by atoms with Crippen LogP contribution in [-0.2, 0) is 6.54 Å². The normalized spacial score (nSPS) is 23.2. The molecule has 1 aromatic rings. The van der Waals surface area contributed by atoms with Crippen molar-refractivity contribution in [3.63, 3.8) is 0 Å². The van der Waals surface area contributed by atoms with Crippen LogP contribution in [0.1, 0.15) is 25.1 Å². The zero-order valence-corrected chi connectivity index (χ0v) is 9.36. The average molecular weight is 210 g/mol. The number of piperazine rings is 1. The quantitative estimate of drug-likeness (QED) is 0.790. The van der Waals surface area contributed by atoms with Gasteiger partial charge >= 0.3 is 0 Å². The molecule has 1 unspecified atom stereocenters. The van der Waals surface area contributed by atoms with Crippen molar-refractivity contribution < 1.29 is 4.52 Å². The van der Waals surface area contributed by atoms with Crippen LogP contribution < -0.4 is 5.32 Å². The Hall–Kier alpha value is -0.940. The Morgan fingerprint density at radius 3 is 3.13 bits per heavy atom. The molecule has 1 aliphatic heterocycles. The van der Waals surface area contributed by atoms with Gasteiger partial charge in [0.1, 0.15) is 0 Å². The first-order chi connectivity index (χ1) is 7.29. The third-order valence-corrected chi connectivity index (χ3v) is 2.85. The Balaban J connectivity index is 1.97. The van der Waals surface area contributed by atoms with Crippen molar-refractivity contribution in [1.29, 1.82) is 0 Å². The van der Waals surface area contributed by atoms with Gasteiger partial charge in [0.15, 0.2) is 5.82 Å². The molecule has 1 aromatic heterocycles. The van der Waals surface area contributed by atoms with E-state index in [2.05, 4.69) is 27.3 Å². The van der Waals surface area contributed by atoms with E-state index in [1.165, 1.54) is 0 Å². The summed E-state index contributed by atoms with van der Waals surface area (Å²) in [4.78, 5) is 6.64. The number of nitrogens with zero attached hydrogens (tertiary/aromatic N) is 3. The topological polar surface area (TPSA) is 54.2 Å². The largest absolute Gasteiger partial charge is 0.338 e. The molecule has 5 heteroatoms. The van der Waals surface area contributed by atoms with Gasteiger partial charge in [-0.1, -0.05) is 12.1 Å². The molecule has 1 atom stereocenters. The second-order valence-corrected chi connectivity index (χ2v) is 3.97. The van der Waals surface area contributed by atoms with Crippen LogP contribution in [0.3, 0.4) is 0 Å². The molecule has 2 rings (SSSR count). The zero-order chi connectivity index (χ0) is 10.7. The minimum absolute atomic E-state index is 0.589. The Kier molecular flexibility index (Phi) is 3.33. The summed E-state index contributed by atoms with van der Waals surface area (Å²) in [5, 5.41) is 7.20. The molecular weight excluding hydrogens is 192 g/mol. The lowest BCUT2D eigenvalue weighted by Crippen LogP contribution is -2.50. The van der Waals surface area contributed by atoms with Crippen LogP contribution in [-0.4, -0.2) is 40.7 Å². The van der Waals surface area contributed by atoms with Crippen LogP contribution in [0.15, 0.2) is 4.52 Å². The van der Waals surface area contributed by atoms with E-state index in [1.54, 1.807) is 0 Å². The lowest BCUT2D eigenvalue weighted by molar-refractivity contribution is 0.132. The maximum Gasteiger partial charge on any atom is 0.240 e. The first-order valence-electron chi connectivity index (χ1n) is 5.53. The van der Waals surface area contributed by atoms with Crippen molar-refractivity contribution in [2.24, 2.45) is 0 Å². The first-order valence-corrected chi connectivity index (χ1v) is 5.53. The van der Waals surface area contributed by atoms with Gasteiger partial charge in [-0.2, -0.15) is 4.98 Å². The predicted molar refractivity (Wildman–Crippen MR) is 56.4 cm³/mol. The van der Waals surface area contributed by atoms with Gasteiger partial charge in [0.25, 0.3) is 0 Å². The van der Waals surface area contributed by atoms with E-state index in [0.29, 0.717) is 11.9 Å². The van der Waals surface area contributed by atoms with E-state index >= 15 is 0 Å². The molecule has 1 N–H and O–H groups in total. The fourth-order valence-corrected chi connectivity index (χ4v) is 1.99. The van der Waals surface area contributed by atoms with E-state index in [9.17, 15) is 0 Å². The molecule has 0 saturated carbocycles. The number of aryl methyl sites for hydroxylation is 1. The highest BCUT2D eigenvalue weighted by atomic mass is 16.5. The summed E-state index contributed by atoms with van der Waals surface area (Å²) in [7, 11) is 0. The lowest BCUT2D eigenvalue weighted by Gasteiger charge is -2.34. The van der Waals surface area contributed by atoms with Gasteiger partial charge in [-0.15, -0.1) is 0 Å². The van der Waals surface area contributed by atoms with Crippen molar-refractivity contribution in [1.82, 2.24) is 20.4 Å². The van der Waals surface area contributed by atoms with E-state index in [1.807, 2.05) is 6.92 Å². The van der Waals surface area contributed by atoms with E-state index in [0.717, 1.165) is 38.5 Å². The summed E-state index contributed by atoms with van der Waals surface area (Å²) in [6.45, 7) is 8.00. The SMILES string of the molecule is CCC1CNCCN1Cc1nc(C)no1. The molecular formula is C10H18N4O. The lowest BCUT2D eigenvalue weighted by atomic mass is 10.1. The molecule has 5 nitrogen and oxygen atoms in total. The van der Waals surface area contributed by atoms with Gasteiger partial charge in [0.2, 0.25) is 5.89 Å². The summed E-state index contributed by atoms with van der Waals surface area (Å²) in [5.74, 6) is 1.45.